The number of carbonyl (C=O) groups is 2. The van der Waals surface area contributed by atoms with E-state index in [2.05, 4.69) is 10.6 Å². The topological polar surface area (TPSA) is 111 Å². The van der Waals surface area contributed by atoms with Crippen molar-refractivity contribution in [2.75, 3.05) is 12.4 Å². The fourth-order valence-corrected chi connectivity index (χ4v) is 5.57. The van der Waals surface area contributed by atoms with Crippen LogP contribution in [0.5, 0.6) is 0 Å². The molecule has 0 spiro atoms. The summed E-state index contributed by atoms with van der Waals surface area (Å²) in [6.07, 6.45) is -0.244. The van der Waals surface area contributed by atoms with Crippen molar-refractivity contribution in [3.63, 3.8) is 0 Å². The van der Waals surface area contributed by atoms with Gasteiger partial charge < -0.3 is 20.1 Å². The van der Waals surface area contributed by atoms with Crippen molar-refractivity contribution in [1.82, 2.24) is 10.6 Å². The van der Waals surface area contributed by atoms with Gasteiger partial charge in [0.25, 0.3) is 0 Å². The summed E-state index contributed by atoms with van der Waals surface area (Å²) < 4.78 is 34.6. The van der Waals surface area contributed by atoms with Gasteiger partial charge in [-0.25, -0.2) is 18.0 Å². The molecule has 1 fully saturated rings. The zero-order chi connectivity index (χ0) is 25.7. The fraction of sp³-hybridized carbons (Fsp3) is 0.619. The summed E-state index contributed by atoms with van der Waals surface area (Å²) in [5.41, 5.74) is -0.674. The number of alkyl halides is 3. The Bertz CT molecular complexity index is 961. The molecule has 0 radical (unpaired) electrons. The molecular weight excluding hydrogens is 550 g/mol. The number of hydrogen-bond acceptors (Lipinski definition) is 6. The Labute approximate surface area is 219 Å². The summed E-state index contributed by atoms with van der Waals surface area (Å²) in [6, 6.07) is 4.96. The van der Waals surface area contributed by atoms with Crippen molar-refractivity contribution < 1.29 is 27.5 Å². The van der Waals surface area contributed by atoms with Gasteiger partial charge in [0.05, 0.1) is 10.6 Å². The highest BCUT2D eigenvalue weighted by Crippen LogP contribution is 2.30. The molecule has 1 aromatic rings. The Kier molecular flexibility index (Phi) is 10.0. The molecule has 2 rings (SSSR count). The highest BCUT2D eigenvalue weighted by molar-refractivity contribution is 7.91. The molecule has 1 aliphatic carbocycles. The second-order valence-electron chi connectivity index (χ2n) is 9.09. The van der Waals surface area contributed by atoms with Crippen LogP contribution >= 0.6 is 46.4 Å². The van der Waals surface area contributed by atoms with Crippen LogP contribution in [-0.2, 0) is 19.3 Å². The first-order valence-corrected chi connectivity index (χ1v) is 13.7. The number of sulfone groups is 1. The molecule has 1 saturated carbocycles. The molecular formula is C21H28Cl4N2O6S. The Morgan fingerprint density at radius 1 is 1.03 bits per heavy atom. The Hall–Kier alpha value is -1.13. The van der Waals surface area contributed by atoms with E-state index in [4.69, 9.17) is 55.9 Å². The first-order chi connectivity index (χ1) is 15.5. The van der Waals surface area contributed by atoms with Gasteiger partial charge in [0, 0.05) is 17.1 Å². The molecule has 1 aliphatic rings. The average Bonchev–Trinajstić information content (AvgIpc) is 2.66. The number of carbonyl (C=O) groups excluding carboxylic acids is 2. The summed E-state index contributed by atoms with van der Waals surface area (Å²) in [5.74, 6) is -0.800. The molecule has 0 aliphatic heterocycles. The Balaban J connectivity index is 2.15. The Morgan fingerprint density at radius 2 is 1.65 bits per heavy atom. The summed E-state index contributed by atoms with van der Waals surface area (Å²) in [4.78, 5) is 24.6. The van der Waals surface area contributed by atoms with Gasteiger partial charge in [0.1, 0.15) is 12.2 Å². The lowest BCUT2D eigenvalue weighted by Gasteiger charge is -2.36. The number of benzene rings is 1. The molecule has 1 aromatic carbocycles. The van der Waals surface area contributed by atoms with Gasteiger partial charge in [0.2, 0.25) is 3.79 Å². The SMILES string of the molecule is CC(C)(C)OC(=O)N[C@@H]1CC[C@H](NC(=O)OCC(Cl)(Cl)Cl)[C@H](CS(=O)(=O)c2ccc(Cl)cc2)C1. The fourth-order valence-electron chi connectivity index (χ4n) is 3.60. The molecule has 3 atom stereocenters. The van der Waals surface area contributed by atoms with Crippen LogP contribution in [-0.4, -0.2) is 54.4 Å². The van der Waals surface area contributed by atoms with Crippen molar-refractivity contribution in [3.8, 4) is 0 Å². The van der Waals surface area contributed by atoms with Crippen LogP contribution in [0, 0.1) is 5.92 Å². The van der Waals surface area contributed by atoms with E-state index < -0.39 is 50.0 Å². The van der Waals surface area contributed by atoms with E-state index in [0.717, 1.165) is 0 Å². The average molecular weight is 578 g/mol. The lowest BCUT2D eigenvalue weighted by Crippen LogP contribution is -2.51. The van der Waals surface area contributed by atoms with Crippen LogP contribution in [0.2, 0.25) is 5.02 Å². The summed E-state index contributed by atoms with van der Waals surface area (Å²) in [6.45, 7) is 4.78. The maximum absolute atomic E-state index is 13.1. The van der Waals surface area contributed by atoms with Crippen LogP contribution in [0.3, 0.4) is 0 Å². The molecule has 0 bridgehead atoms. The molecule has 13 heteroatoms. The van der Waals surface area contributed by atoms with Gasteiger partial charge in [-0.15, -0.1) is 0 Å². The number of nitrogens with one attached hydrogen (secondary N) is 2. The summed E-state index contributed by atoms with van der Waals surface area (Å²) in [5, 5.41) is 5.87. The highest BCUT2D eigenvalue weighted by Gasteiger charge is 2.37. The van der Waals surface area contributed by atoms with Crippen molar-refractivity contribution in [3.05, 3.63) is 29.3 Å². The lowest BCUT2D eigenvalue weighted by molar-refractivity contribution is 0.0478. The predicted molar refractivity (Wildman–Crippen MR) is 133 cm³/mol. The molecule has 192 valence electrons. The maximum atomic E-state index is 13.1. The van der Waals surface area contributed by atoms with Crippen LogP contribution in [0.25, 0.3) is 0 Å². The van der Waals surface area contributed by atoms with Gasteiger partial charge in [-0.1, -0.05) is 46.4 Å². The van der Waals surface area contributed by atoms with Crippen LogP contribution in [0.15, 0.2) is 29.2 Å². The summed E-state index contributed by atoms with van der Waals surface area (Å²) in [7, 11) is -3.72. The monoisotopic (exact) mass is 576 g/mol. The molecule has 0 heterocycles. The first-order valence-electron chi connectivity index (χ1n) is 10.5. The number of rotatable bonds is 6. The van der Waals surface area contributed by atoms with Gasteiger partial charge in [-0.2, -0.15) is 0 Å². The molecule has 0 unspecified atom stereocenters. The van der Waals surface area contributed by atoms with E-state index in [1.807, 2.05) is 0 Å². The third-order valence-electron chi connectivity index (χ3n) is 4.98. The second-order valence-corrected chi connectivity index (χ2v) is 14.1. The summed E-state index contributed by atoms with van der Waals surface area (Å²) >= 11 is 22.7. The molecule has 2 N–H and O–H groups in total. The predicted octanol–water partition coefficient (Wildman–Crippen LogP) is 5.27. The van der Waals surface area contributed by atoms with E-state index in [1.165, 1.54) is 24.3 Å². The zero-order valence-electron chi connectivity index (χ0n) is 18.9. The second kappa shape index (κ2) is 11.7. The number of alkyl carbamates (subject to hydrolysis) is 2. The van der Waals surface area contributed by atoms with Crippen LogP contribution in [0.4, 0.5) is 9.59 Å². The molecule has 0 aromatic heterocycles. The minimum Gasteiger partial charge on any atom is -0.445 e. The van der Waals surface area contributed by atoms with Crippen LogP contribution < -0.4 is 10.6 Å². The minimum absolute atomic E-state index is 0.108. The van der Waals surface area contributed by atoms with Gasteiger partial charge in [-0.3, -0.25) is 0 Å². The lowest BCUT2D eigenvalue weighted by atomic mass is 9.82. The third-order valence-corrected chi connectivity index (χ3v) is 7.42. The molecule has 34 heavy (non-hydrogen) atoms. The normalized spacial score (nSPS) is 21.4. The first kappa shape index (κ1) is 29.1. The molecule has 0 saturated heterocycles. The molecule has 8 nitrogen and oxygen atoms in total. The number of halogens is 4. The number of ether oxygens (including phenoxy) is 2. The van der Waals surface area contributed by atoms with E-state index in [9.17, 15) is 18.0 Å². The van der Waals surface area contributed by atoms with Crippen molar-refractivity contribution in [1.29, 1.82) is 0 Å². The largest absolute Gasteiger partial charge is 0.445 e. The van der Waals surface area contributed by atoms with Crippen molar-refractivity contribution >= 4 is 68.4 Å². The number of amides is 2. The van der Waals surface area contributed by atoms with Crippen LogP contribution in [0.1, 0.15) is 40.0 Å². The van der Waals surface area contributed by atoms with Gasteiger partial charge in [-0.05, 0) is 70.2 Å². The van der Waals surface area contributed by atoms with Gasteiger partial charge in [0.15, 0.2) is 9.84 Å². The zero-order valence-corrected chi connectivity index (χ0v) is 22.8. The van der Waals surface area contributed by atoms with E-state index >= 15 is 0 Å². The maximum Gasteiger partial charge on any atom is 0.407 e. The van der Waals surface area contributed by atoms with Crippen molar-refractivity contribution in [2.24, 2.45) is 5.92 Å². The standard InChI is InChI=1S/C21H28Cl4N2O6S/c1-20(2,3)33-19(29)26-15-6-9-17(27-18(28)32-12-21(23,24)25)13(10-15)11-34(30,31)16-7-4-14(22)5-8-16/h4-5,7-8,13,15,17H,6,9-12H2,1-3H3,(H,26,29)(H,27,28)/t13-,15+,17-/m0/s1. The number of hydrogen-bond donors (Lipinski definition) is 2. The Morgan fingerprint density at radius 3 is 2.21 bits per heavy atom. The smallest absolute Gasteiger partial charge is 0.407 e. The minimum atomic E-state index is -3.72. The molecule has 2 amide bonds. The van der Waals surface area contributed by atoms with Crippen molar-refractivity contribution in [2.45, 2.75) is 66.4 Å². The third kappa shape index (κ3) is 10.2. The van der Waals surface area contributed by atoms with Gasteiger partial charge >= 0.3 is 12.2 Å². The van der Waals surface area contributed by atoms with E-state index in [-0.39, 0.29) is 16.7 Å². The highest BCUT2D eigenvalue weighted by atomic mass is 35.6. The van der Waals surface area contributed by atoms with E-state index in [1.54, 1.807) is 20.8 Å². The quantitative estimate of drug-likeness (QED) is 0.445. The van der Waals surface area contributed by atoms with E-state index in [0.29, 0.717) is 24.3 Å².